The van der Waals surface area contributed by atoms with E-state index in [4.69, 9.17) is 14.2 Å². The molecule has 0 aromatic heterocycles. The molecule has 1 aromatic rings. The number of hydrogen-bond donors (Lipinski definition) is 2. The number of aliphatic hydroxyl groups is 2. The van der Waals surface area contributed by atoms with Gasteiger partial charge in [-0.05, 0) is 133 Å². The molecule has 1 aromatic carbocycles. The second kappa shape index (κ2) is 13.0. The van der Waals surface area contributed by atoms with Crippen molar-refractivity contribution in [1.82, 2.24) is 0 Å². The minimum Gasteiger partial charge on any atom is -0.497 e. The lowest BCUT2D eigenvalue weighted by Gasteiger charge is -2.48. The van der Waals surface area contributed by atoms with Gasteiger partial charge in [0.2, 0.25) is 0 Å². The molecule has 4 aliphatic carbocycles. The van der Waals surface area contributed by atoms with Crippen LogP contribution in [0.5, 0.6) is 0 Å². The first kappa shape index (κ1) is 32.8. The summed E-state index contributed by atoms with van der Waals surface area (Å²) in [6.07, 6.45) is 13.7. The summed E-state index contributed by atoms with van der Waals surface area (Å²) in [5, 5.41) is 19.6. The van der Waals surface area contributed by atoms with Crippen LogP contribution < -0.4 is 0 Å². The molecule has 242 valence electrons. The third kappa shape index (κ3) is 7.12. The molecule has 6 nitrogen and oxygen atoms in total. The van der Waals surface area contributed by atoms with Crippen LogP contribution in [0, 0.1) is 28.6 Å². The summed E-state index contributed by atoms with van der Waals surface area (Å²) in [6, 6.07) is 7.98. The van der Waals surface area contributed by atoms with E-state index in [0.717, 1.165) is 72.7 Å². The average Bonchev–Trinajstić information content (AvgIpc) is 3.30. The second-order valence-electron chi connectivity index (χ2n) is 14.7. The van der Waals surface area contributed by atoms with Crippen molar-refractivity contribution in [2.24, 2.45) is 28.6 Å². The fourth-order valence-corrected chi connectivity index (χ4v) is 8.93. The van der Waals surface area contributed by atoms with Gasteiger partial charge in [-0.2, -0.15) is 0 Å². The largest absolute Gasteiger partial charge is 0.497 e. The van der Waals surface area contributed by atoms with Gasteiger partial charge in [0.15, 0.2) is 5.79 Å². The average molecular weight is 607 g/mol. The highest BCUT2D eigenvalue weighted by molar-refractivity contribution is 5.80. The van der Waals surface area contributed by atoms with Gasteiger partial charge in [0.25, 0.3) is 0 Å². The smallest absolute Gasteiger partial charge is 0.311 e. The van der Waals surface area contributed by atoms with E-state index in [9.17, 15) is 15.0 Å². The monoisotopic (exact) mass is 606 g/mol. The van der Waals surface area contributed by atoms with E-state index in [1.54, 1.807) is 11.1 Å². The second-order valence-corrected chi connectivity index (χ2v) is 14.7. The molecule has 1 atom stereocenters. The Hall–Kier alpha value is -2.57. The summed E-state index contributed by atoms with van der Waals surface area (Å²) in [7, 11) is 1.51. The van der Waals surface area contributed by atoms with Crippen molar-refractivity contribution in [2.45, 2.75) is 111 Å². The number of hydrogen-bond acceptors (Lipinski definition) is 6. The molecule has 2 fully saturated rings. The standard InChI is InChI=1S/C38H54O6/c1-7-43-32-18-27(19-33(44-8-2)34(32)30-11-9-26(10-12-30)21-37(5,40)41)17-28-22-38(23-28)20-25(3)31(24-38)29-13-15-36(4,16-14-29)35(39)42-6/h9-12,18,27-29,40-41H,7-8,13-17,19-24H2,1-6H3. The maximum atomic E-state index is 12.3. The minimum absolute atomic E-state index is 0.0451. The normalized spacial score (nSPS) is 30.7. The van der Waals surface area contributed by atoms with E-state index >= 15 is 0 Å². The molecule has 2 N–H and O–H groups in total. The van der Waals surface area contributed by atoms with Crippen LogP contribution in [-0.4, -0.2) is 42.3 Å². The molecular weight excluding hydrogens is 552 g/mol. The molecule has 0 amide bonds. The van der Waals surface area contributed by atoms with E-state index in [1.807, 2.05) is 38.1 Å². The summed E-state index contributed by atoms with van der Waals surface area (Å²) in [5.41, 5.74) is 6.37. The molecular formula is C38H54O6. The first-order valence-corrected chi connectivity index (χ1v) is 16.9. The minimum atomic E-state index is -1.73. The molecule has 2 saturated carbocycles. The predicted octanol–water partition coefficient (Wildman–Crippen LogP) is 7.88. The van der Waals surface area contributed by atoms with Gasteiger partial charge in [-0.25, -0.2) is 0 Å². The van der Waals surface area contributed by atoms with Gasteiger partial charge in [0.05, 0.1) is 31.3 Å². The SMILES string of the molecule is CCOC1=CC(CC2CC3(CC(C)=C(C4CCC(C)(C(=O)OC)CC4)C3)C2)CC(OCC)=C1c1ccc(CC(C)(O)O)cc1. The summed E-state index contributed by atoms with van der Waals surface area (Å²) in [4.78, 5) is 12.3. The van der Waals surface area contributed by atoms with Crippen LogP contribution in [0.4, 0.5) is 0 Å². The Bertz CT molecular complexity index is 1280. The molecule has 0 heterocycles. The number of carbonyl (C=O) groups is 1. The lowest BCUT2D eigenvalue weighted by atomic mass is 9.57. The fourth-order valence-electron chi connectivity index (χ4n) is 8.93. The van der Waals surface area contributed by atoms with Crippen LogP contribution in [0.2, 0.25) is 0 Å². The first-order chi connectivity index (χ1) is 20.9. The molecule has 1 unspecified atom stereocenters. The van der Waals surface area contributed by atoms with Gasteiger partial charge in [-0.3, -0.25) is 4.79 Å². The van der Waals surface area contributed by atoms with Crippen molar-refractivity contribution >= 4 is 11.5 Å². The lowest BCUT2D eigenvalue weighted by Crippen LogP contribution is -2.37. The number of esters is 1. The molecule has 1 spiro atoms. The highest BCUT2D eigenvalue weighted by Gasteiger charge is 2.50. The number of allylic oxidation sites excluding steroid dienone is 5. The quantitative estimate of drug-likeness (QED) is 0.151. The van der Waals surface area contributed by atoms with Gasteiger partial charge in [-0.1, -0.05) is 35.4 Å². The van der Waals surface area contributed by atoms with Crippen molar-refractivity contribution in [1.29, 1.82) is 0 Å². The maximum Gasteiger partial charge on any atom is 0.311 e. The van der Waals surface area contributed by atoms with Crippen LogP contribution in [-0.2, 0) is 25.4 Å². The van der Waals surface area contributed by atoms with Crippen LogP contribution >= 0.6 is 0 Å². The van der Waals surface area contributed by atoms with E-state index < -0.39 is 5.79 Å². The Morgan fingerprint density at radius 1 is 1.02 bits per heavy atom. The van der Waals surface area contributed by atoms with Crippen LogP contribution in [0.25, 0.3) is 5.57 Å². The van der Waals surface area contributed by atoms with Gasteiger partial charge in [-0.15, -0.1) is 0 Å². The summed E-state index contributed by atoms with van der Waals surface area (Å²) < 4.78 is 17.6. The van der Waals surface area contributed by atoms with Gasteiger partial charge >= 0.3 is 5.97 Å². The lowest BCUT2D eigenvalue weighted by molar-refractivity contribution is -0.154. The molecule has 0 aliphatic heterocycles. The van der Waals surface area contributed by atoms with E-state index in [2.05, 4.69) is 19.9 Å². The third-order valence-electron chi connectivity index (χ3n) is 10.9. The number of carbonyl (C=O) groups excluding carboxylic acids is 1. The van der Waals surface area contributed by atoms with Crippen molar-refractivity contribution in [2.75, 3.05) is 20.3 Å². The number of rotatable bonds is 11. The van der Waals surface area contributed by atoms with Crippen molar-refractivity contribution < 1.29 is 29.2 Å². The fraction of sp³-hybridized carbons (Fsp3) is 0.658. The van der Waals surface area contributed by atoms with Crippen LogP contribution in [0.15, 0.2) is 53.0 Å². The third-order valence-corrected chi connectivity index (χ3v) is 10.9. The van der Waals surface area contributed by atoms with Crippen LogP contribution in [0.1, 0.15) is 110 Å². The Balaban J connectivity index is 1.21. The highest BCUT2D eigenvalue weighted by Crippen LogP contribution is 2.62. The Labute approximate surface area is 264 Å². The van der Waals surface area contributed by atoms with E-state index in [1.165, 1.54) is 39.7 Å². The zero-order valence-electron chi connectivity index (χ0n) is 27.8. The first-order valence-electron chi connectivity index (χ1n) is 16.9. The maximum absolute atomic E-state index is 12.3. The van der Waals surface area contributed by atoms with Gasteiger partial charge < -0.3 is 24.4 Å². The van der Waals surface area contributed by atoms with E-state index in [0.29, 0.717) is 30.5 Å². The van der Waals surface area contributed by atoms with Gasteiger partial charge in [0.1, 0.15) is 11.5 Å². The summed E-state index contributed by atoms with van der Waals surface area (Å²) in [5.74, 6) is 1.86. The van der Waals surface area contributed by atoms with Crippen molar-refractivity contribution in [3.8, 4) is 0 Å². The Morgan fingerprint density at radius 3 is 2.27 bits per heavy atom. The molecule has 44 heavy (non-hydrogen) atoms. The molecule has 0 radical (unpaired) electrons. The highest BCUT2D eigenvalue weighted by atomic mass is 16.5. The Kier molecular flexibility index (Phi) is 9.72. The van der Waals surface area contributed by atoms with Crippen LogP contribution in [0.3, 0.4) is 0 Å². The Morgan fingerprint density at radius 2 is 1.68 bits per heavy atom. The molecule has 0 saturated heterocycles. The zero-order chi connectivity index (χ0) is 31.7. The van der Waals surface area contributed by atoms with Gasteiger partial charge in [0, 0.05) is 12.8 Å². The summed E-state index contributed by atoms with van der Waals surface area (Å²) >= 11 is 0. The van der Waals surface area contributed by atoms with Crippen molar-refractivity contribution in [3.63, 3.8) is 0 Å². The molecule has 6 heteroatoms. The number of ether oxygens (including phenoxy) is 3. The molecule has 5 rings (SSSR count). The number of methoxy groups -OCH3 is 1. The van der Waals surface area contributed by atoms with Crippen molar-refractivity contribution in [3.05, 3.63) is 64.1 Å². The van der Waals surface area contributed by atoms with E-state index in [-0.39, 0.29) is 17.8 Å². The number of benzene rings is 1. The zero-order valence-corrected chi connectivity index (χ0v) is 27.8. The topological polar surface area (TPSA) is 85.2 Å². The molecule has 0 bridgehead atoms. The summed E-state index contributed by atoms with van der Waals surface area (Å²) in [6.45, 7) is 11.1. The molecule has 4 aliphatic rings. The predicted molar refractivity (Wildman–Crippen MR) is 173 cm³/mol.